The molecule has 2 aromatic heterocycles. The van der Waals surface area contributed by atoms with E-state index in [1.165, 1.54) is 4.88 Å². The van der Waals surface area contributed by atoms with Gasteiger partial charge < -0.3 is 5.32 Å². The summed E-state index contributed by atoms with van der Waals surface area (Å²) in [4.78, 5) is 10.2. The van der Waals surface area contributed by atoms with E-state index < -0.39 is 0 Å². The van der Waals surface area contributed by atoms with Crippen molar-refractivity contribution in [3.8, 4) is 6.07 Å². The van der Waals surface area contributed by atoms with Gasteiger partial charge in [0.25, 0.3) is 0 Å². The molecule has 5 heteroatoms. The van der Waals surface area contributed by atoms with Gasteiger partial charge in [-0.3, -0.25) is 0 Å². The van der Waals surface area contributed by atoms with E-state index in [4.69, 9.17) is 0 Å². The van der Waals surface area contributed by atoms with Gasteiger partial charge in [-0.25, -0.2) is 9.97 Å². The zero-order chi connectivity index (χ0) is 14.7. The van der Waals surface area contributed by atoms with Crippen molar-refractivity contribution in [2.45, 2.75) is 19.9 Å². The second-order valence-electron chi connectivity index (χ2n) is 4.61. The van der Waals surface area contributed by atoms with Crippen LogP contribution in [0, 0.1) is 11.3 Å². The topological polar surface area (TPSA) is 61.6 Å². The fraction of sp³-hybridized carbons (Fsp3) is 0.188. The Balaban J connectivity index is 1.85. The van der Waals surface area contributed by atoms with Crippen LogP contribution in [-0.2, 0) is 13.0 Å². The molecule has 104 valence electrons. The smallest absolute Gasteiger partial charge is 0.128 e. The second-order valence-corrected chi connectivity index (χ2v) is 5.81. The number of para-hydroxylation sites is 1. The summed E-state index contributed by atoms with van der Waals surface area (Å²) in [6.45, 7) is 2.75. The van der Waals surface area contributed by atoms with Crippen LogP contribution in [0.3, 0.4) is 0 Å². The molecule has 0 saturated heterocycles. The normalized spacial score (nSPS) is 10.5. The number of fused-ring (bicyclic) bond motifs is 1. The van der Waals surface area contributed by atoms with Gasteiger partial charge in [-0.05, 0) is 18.6 Å². The molecule has 0 aliphatic rings. The van der Waals surface area contributed by atoms with E-state index in [-0.39, 0.29) is 0 Å². The number of aromatic nitrogens is 2. The van der Waals surface area contributed by atoms with Gasteiger partial charge >= 0.3 is 0 Å². The number of nitrogens with one attached hydrogen (secondary N) is 1. The molecule has 0 amide bonds. The van der Waals surface area contributed by atoms with Crippen LogP contribution < -0.4 is 5.32 Å². The maximum atomic E-state index is 9.26. The van der Waals surface area contributed by atoms with Crippen molar-refractivity contribution in [1.29, 1.82) is 5.26 Å². The largest absolute Gasteiger partial charge is 0.364 e. The van der Waals surface area contributed by atoms with Crippen molar-refractivity contribution >= 4 is 28.1 Å². The van der Waals surface area contributed by atoms with Gasteiger partial charge in [0, 0.05) is 16.5 Å². The van der Waals surface area contributed by atoms with Crippen LogP contribution in [0.5, 0.6) is 0 Å². The average molecular weight is 294 g/mol. The molecule has 0 atom stereocenters. The third-order valence-corrected chi connectivity index (χ3v) is 4.35. The zero-order valence-corrected chi connectivity index (χ0v) is 12.4. The van der Waals surface area contributed by atoms with Gasteiger partial charge in [0.2, 0.25) is 0 Å². The Kier molecular flexibility index (Phi) is 3.80. The first-order valence-electron chi connectivity index (χ1n) is 6.77. The van der Waals surface area contributed by atoms with E-state index >= 15 is 0 Å². The predicted octanol–water partition coefficient (Wildman–Crippen LogP) is 3.74. The molecule has 0 bridgehead atoms. The van der Waals surface area contributed by atoms with Crippen molar-refractivity contribution in [3.63, 3.8) is 0 Å². The average Bonchev–Trinajstić information content (AvgIpc) is 3.00. The van der Waals surface area contributed by atoms with E-state index in [0.717, 1.165) is 22.3 Å². The first kappa shape index (κ1) is 13.5. The predicted molar refractivity (Wildman–Crippen MR) is 85.3 cm³/mol. The summed E-state index contributed by atoms with van der Waals surface area (Å²) in [5.74, 6) is 0.707. The standard InChI is InChI=1S/C16H14N4S/c1-2-12-9-19-16(21-12)10-18-15-7-11(8-17)13-5-3-4-6-14(13)20-15/h3-7,9H,2,10H2,1H3,(H,18,20). The minimum Gasteiger partial charge on any atom is -0.364 e. The molecular formula is C16H14N4S. The molecule has 0 spiro atoms. The number of aryl methyl sites for hydroxylation is 1. The molecule has 21 heavy (non-hydrogen) atoms. The van der Waals surface area contributed by atoms with E-state index in [1.54, 1.807) is 17.4 Å². The van der Waals surface area contributed by atoms with Crippen LogP contribution >= 0.6 is 11.3 Å². The van der Waals surface area contributed by atoms with Gasteiger partial charge in [0.15, 0.2) is 0 Å². The summed E-state index contributed by atoms with van der Waals surface area (Å²) in [6, 6.07) is 11.7. The van der Waals surface area contributed by atoms with Crippen molar-refractivity contribution < 1.29 is 0 Å². The lowest BCUT2D eigenvalue weighted by Gasteiger charge is -2.06. The van der Waals surface area contributed by atoms with E-state index in [0.29, 0.717) is 17.9 Å². The molecule has 2 heterocycles. The molecular weight excluding hydrogens is 280 g/mol. The molecule has 1 aromatic carbocycles. The Morgan fingerprint density at radius 3 is 2.95 bits per heavy atom. The van der Waals surface area contributed by atoms with E-state index in [2.05, 4.69) is 28.3 Å². The molecule has 3 aromatic rings. The van der Waals surface area contributed by atoms with Crippen molar-refractivity contribution in [2.75, 3.05) is 5.32 Å². The Morgan fingerprint density at radius 1 is 1.33 bits per heavy atom. The van der Waals surface area contributed by atoms with Crippen molar-refractivity contribution in [2.24, 2.45) is 0 Å². The summed E-state index contributed by atoms with van der Waals surface area (Å²) in [7, 11) is 0. The molecule has 0 fully saturated rings. The fourth-order valence-electron chi connectivity index (χ4n) is 2.12. The monoisotopic (exact) mass is 294 g/mol. The van der Waals surface area contributed by atoms with Gasteiger partial charge in [0.1, 0.15) is 10.8 Å². The summed E-state index contributed by atoms with van der Waals surface area (Å²) < 4.78 is 0. The maximum absolute atomic E-state index is 9.26. The highest BCUT2D eigenvalue weighted by Crippen LogP contribution is 2.21. The number of nitriles is 1. The van der Waals surface area contributed by atoms with Crippen LogP contribution in [0.15, 0.2) is 36.5 Å². The number of rotatable bonds is 4. The highest BCUT2D eigenvalue weighted by molar-refractivity contribution is 7.11. The van der Waals surface area contributed by atoms with Crippen LogP contribution in [-0.4, -0.2) is 9.97 Å². The van der Waals surface area contributed by atoms with Crippen molar-refractivity contribution in [1.82, 2.24) is 9.97 Å². The molecule has 0 radical (unpaired) electrons. The molecule has 0 aliphatic heterocycles. The summed E-state index contributed by atoms with van der Waals surface area (Å²) >= 11 is 1.70. The fourth-order valence-corrected chi connectivity index (χ4v) is 2.92. The number of thiazole rings is 1. The molecule has 4 nitrogen and oxygen atoms in total. The number of benzene rings is 1. The quantitative estimate of drug-likeness (QED) is 0.796. The number of nitrogens with zero attached hydrogens (tertiary/aromatic N) is 3. The van der Waals surface area contributed by atoms with Gasteiger partial charge in [-0.2, -0.15) is 5.26 Å². The summed E-state index contributed by atoms with van der Waals surface area (Å²) in [6.07, 6.45) is 2.92. The highest BCUT2D eigenvalue weighted by Gasteiger charge is 2.06. The van der Waals surface area contributed by atoms with Gasteiger partial charge in [-0.15, -0.1) is 11.3 Å². The van der Waals surface area contributed by atoms with E-state index in [1.807, 2.05) is 30.5 Å². The Morgan fingerprint density at radius 2 is 2.19 bits per heavy atom. The van der Waals surface area contributed by atoms with Gasteiger partial charge in [-0.1, -0.05) is 25.1 Å². The van der Waals surface area contributed by atoms with Crippen LogP contribution in [0.25, 0.3) is 10.9 Å². The summed E-state index contributed by atoms with van der Waals surface area (Å²) in [5.41, 5.74) is 1.46. The lowest BCUT2D eigenvalue weighted by atomic mass is 10.1. The molecule has 3 rings (SSSR count). The van der Waals surface area contributed by atoms with Crippen LogP contribution in [0.2, 0.25) is 0 Å². The van der Waals surface area contributed by atoms with Crippen LogP contribution in [0.4, 0.5) is 5.82 Å². The number of hydrogen-bond donors (Lipinski definition) is 1. The Labute approximate surface area is 127 Å². The minimum atomic E-state index is 0.626. The third-order valence-electron chi connectivity index (χ3n) is 3.21. The first-order valence-corrected chi connectivity index (χ1v) is 7.59. The Bertz CT molecular complexity index is 817. The second kappa shape index (κ2) is 5.90. The lowest BCUT2D eigenvalue weighted by molar-refractivity contribution is 1.08. The molecule has 1 N–H and O–H groups in total. The molecule has 0 aliphatic carbocycles. The Hall–Kier alpha value is -2.45. The summed E-state index contributed by atoms with van der Waals surface area (Å²) in [5, 5.41) is 14.4. The maximum Gasteiger partial charge on any atom is 0.128 e. The van der Waals surface area contributed by atoms with Gasteiger partial charge in [0.05, 0.1) is 23.7 Å². The molecule has 0 saturated carbocycles. The van der Waals surface area contributed by atoms with E-state index in [9.17, 15) is 5.26 Å². The third kappa shape index (κ3) is 2.86. The minimum absolute atomic E-state index is 0.626. The number of pyridine rings is 1. The number of hydrogen-bond acceptors (Lipinski definition) is 5. The lowest BCUT2D eigenvalue weighted by Crippen LogP contribution is -2.01. The highest BCUT2D eigenvalue weighted by atomic mass is 32.1. The molecule has 0 unspecified atom stereocenters. The van der Waals surface area contributed by atoms with Crippen molar-refractivity contribution in [3.05, 3.63) is 52.0 Å². The zero-order valence-electron chi connectivity index (χ0n) is 11.6. The number of anilines is 1. The SMILES string of the molecule is CCc1cnc(CNc2cc(C#N)c3ccccc3n2)s1. The first-order chi connectivity index (χ1) is 10.3. The van der Waals surface area contributed by atoms with Crippen LogP contribution in [0.1, 0.15) is 22.4 Å².